The summed E-state index contributed by atoms with van der Waals surface area (Å²) in [5.74, 6) is -0.440. The van der Waals surface area contributed by atoms with E-state index in [-0.39, 0.29) is 6.54 Å². The van der Waals surface area contributed by atoms with Crippen LogP contribution in [0.25, 0.3) is 0 Å². The zero-order valence-electron chi connectivity index (χ0n) is 14.6. The van der Waals surface area contributed by atoms with Crippen LogP contribution >= 0.6 is 11.6 Å². The van der Waals surface area contributed by atoms with Crippen LogP contribution in [-0.2, 0) is 14.8 Å². The van der Waals surface area contributed by atoms with Crippen molar-refractivity contribution in [3.05, 3.63) is 58.1 Å². The van der Waals surface area contributed by atoms with Gasteiger partial charge >= 0.3 is 0 Å². The molecule has 0 fully saturated rings. The molecule has 25 heavy (non-hydrogen) atoms. The molecule has 0 unspecified atom stereocenters. The number of carbonyl (C=O) groups excluding carboxylic acids is 1. The molecule has 0 saturated carbocycles. The van der Waals surface area contributed by atoms with Crippen LogP contribution < -0.4 is 9.62 Å². The third-order valence-electron chi connectivity index (χ3n) is 3.67. The number of aryl methyl sites for hydroxylation is 3. The second kappa shape index (κ2) is 7.45. The van der Waals surface area contributed by atoms with Gasteiger partial charge in [-0.1, -0.05) is 35.4 Å². The number of hydrogen-bond donors (Lipinski definition) is 1. The van der Waals surface area contributed by atoms with Crippen LogP contribution in [0.2, 0.25) is 5.02 Å². The monoisotopic (exact) mass is 380 g/mol. The summed E-state index contributed by atoms with van der Waals surface area (Å²) >= 11 is 6.26. The number of hydrogen-bond acceptors (Lipinski definition) is 3. The van der Waals surface area contributed by atoms with Gasteiger partial charge in [0, 0.05) is 5.69 Å². The van der Waals surface area contributed by atoms with Gasteiger partial charge in [-0.05, 0) is 50.1 Å². The fourth-order valence-corrected chi connectivity index (χ4v) is 3.95. The van der Waals surface area contributed by atoms with Crippen molar-refractivity contribution in [3.63, 3.8) is 0 Å². The van der Waals surface area contributed by atoms with E-state index in [2.05, 4.69) is 5.32 Å². The molecule has 1 N–H and O–H groups in total. The van der Waals surface area contributed by atoms with Gasteiger partial charge in [-0.15, -0.1) is 0 Å². The minimum atomic E-state index is -3.68. The molecular weight excluding hydrogens is 360 g/mol. The Bertz CT molecular complexity index is 870. The number of anilines is 2. The molecule has 0 radical (unpaired) electrons. The number of amides is 1. The van der Waals surface area contributed by atoms with Crippen molar-refractivity contribution in [1.82, 2.24) is 0 Å². The lowest BCUT2D eigenvalue weighted by Gasteiger charge is -2.25. The summed E-state index contributed by atoms with van der Waals surface area (Å²) in [5.41, 5.74) is 3.62. The van der Waals surface area contributed by atoms with Gasteiger partial charge in [-0.25, -0.2) is 8.42 Å². The van der Waals surface area contributed by atoms with Crippen LogP contribution in [0.15, 0.2) is 36.4 Å². The van der Waals surface area contributed by atoms with Crippen LogP contribution in [-0.4, -0.2) is 27.1 Å². The zero-order valence-corrected chi connectivity index (χ0v) is 16.2. The molecule has 2 aromatic carbocycles. The van der Waals surface area contributed by atoms with E-state index in [0.717, 1.165) is 21.7 Å². The second-order valence-corrected chi connectivity index (χ2v) is 8.41. The average Bonchev–Trinajstić information content (AvgIpc) is 2.46. The van der Waals surface area contributed by atoms with Gasteiger partial charge in [0.05, 0.1) is 17.0 Å². The lowest BCUT2D eigenvalue weighted by molar-refractivity contribution is -0.114. The molecule has 0 bridgehead atoms. The first-order chi connectivity index (χ1) is 11.6. The van der Waals surface area contributed by atoms with Gasteiger partial charge in [-0.2, -0.15) is 0 Å². The number of carbonyl (C=O) groups is 1. The Morgan fingerprint density at radius 2 is 1.68 bits per heavy atom. The lowest BCUT2D eigenvalue weighted by Crippen LogP contribution is -2.38. The summed E-state index contributed by atoms with van der Waals surface area (Å²) in [7, 11) is -3.68. The van der Waals surface area contributed by atoms with Gasteiger partial charge in [0.25, 0.3) is 0 Å². The van der Waals surface area contributed by atoms with Crippen molar-refractivity contribution in [3.8, 4) is 0 Å². The molecule has 0 heterocycles. The first kappa shape index (κ1) is 19.3. The molecule has 0 aromatic heterocycles. The van der Waals surface area contributed by atoms with E-state index in [4.69, 9.17) is 11.6 Å². The number of benzene rings is 2. The van der Waals surface area contributed by atoms with Crippen molar-refractivity contribution in [2.75, 3.05) is 22.4 Å². The van der Waals surface area contributed by atoms with E-state index in [0.29, 0.717) is 22.0 Å². The Kier molecular flexibility index (Phi) is 5.75. The predicted molar refractivity (Wildman–Crippen MR) is 103 cm³/mol. The maximum absolute atomic E-state index is 12.4. The summed E-state index contributed by atoms with van der Waals surface area (Å²) in [4.78, 5) is 12.4. The summed E-state index contributed by atoms with van der Waals surface area (Å²) in [6.45, 7) is 5.23. The van der Waals surface area contributed by atoms with Crippen LogP contribution in [0.3, 0.4) is 0 Å². The van der Waals surface area contributed by atoms with Crippen LogP contribution in [0.1, 0.15) is 16.7 Å². The van der Waals surface area contributed by atoms with Gasteiger partial charge in [0.1, 0.15) is 6.54 Å². The Morgan fingerprint density at radius 1 is 1.08 bits per heavy atom. The largest absolute Gasteiger partial charge is 0.325 e. The molecule has 0 spiro atoms. The Hall–Kier alpha value is -2.05. The molecule has 0 atom stereocenters. The van der Waals surface area contributed by atoms with Crippen molar-refractivity contribution in [2.45, 2.75) is 20.8 Å². The fourth-order valence-electron chi connectivity index (χ4n) is 2.55. The number of nitrogens with one attached hydrogen (secondary N) is 1. The van der Waals surface area contributed by atoms with Crippen LogP contribution in [0.5, 0.6) is 0 Å². The van der Waals surface area contributed by atoms with Crippen LogP contribution in [0, 0.1) is 20.8 Å². The van der Waals surface area contributed by atoms with Gasteiger partial charge in [-0.3, -0.25) is 9.10 Å². The summed E-state index contributed by atoms with van der Waals surface area (Å²) in [6, 6.07) is 10.8. The Morgan fingerprint density at radius 3 is 2.20 bits per heavy atom. The second-order valence-electron chi connectivity index (χ2n) is 6.10. The third kappa shape index (κ3) is 4.96. The van der Waals surface area contributed by atoms with E-state index < -0.39 is 15.9 Å². The fraction of sp³-hybridized carbons (Fsp3) is 0.278. The SMILES string of the molecule is Cc1ccc(NC(=O)CN(c2c(C)cc(C)cc2Cl)S(C)(=O)=O)cc1. The van der Waals surface area contributed by atoms with Crippen molar-refractivity contribution in [1.29, 1.82) is 0 Å². The minimum Gasteiger partial charge on any atom is -0.325 e. The Balaban J connectivity index is 2.31. The predicted octanol–water partition coefficient (Wildman–Crippen LogP) is 3.67. The maximum Gasteiger partial charge on any atom is 0.245 e. The zero-order chi connectivity index (χ0) is 18.8. The quantitative estimate of drug-likeness (QED) is 0.860. The van der Waals surface area contributed by atoms with E-state index in [1.807, 2.05) is 32.0 Å². The number of halogens is 1. The average molecular weight is 381 g/mol. The standard InChI is InChI=1S/C18H21ClN2O3S/c1-12-5-7-15(8-6-12)20-17(22)11-21(25(4,23)24)18-14(3)9-13(2)10-16(18)19/h5-10H,11H2,1-4H3,(H,20,22). The molecule has 0 aliphatic rings. The number of rotatable bonds is 5. The summed E-state index contributed by atoms with van der Waals surface area (Å²) in [5, 5.41) is 3.00. The topological polar surface area (TPSA) is 66.5 Å². The molecule has 1 amide bonds. The summed E-state index contributed by atoms with van der Waals surface area (Å²) < 4.78 is 25.5. The normalized spacial score (nSPS) is 11.2. The highest BCUT2D eigenvalue weighted by atomic mass is 35.5. The van der Waals surface area contributed by atoms with Crippen molar-refractivity contribution >= 4 is 38.9 Å². The molecule has 2 rings (SSSR count). The van der Waals surface area contributed by atoms with E-state index in [9.17, 15) is 13.2 Å². The molecule has 0 aliphatic carbocycles. The summed E-state index contributed by atoms with van der Waals surface area (Å²) in [6.07, 6.45) is 1.06. The third-order valence-corrected chi connectivity index (χ3v) is 5.07. The van der Waals surface area contributed by atoms with Crippen molar-refractivity contribution < 1.29 is 13.2 Å². The highest BCUT2D eigenvalue weighted by Gasteiger charge is 2.25. The van der Waals surface area contributed by atoms with E-state index in [1.165, 1.54) is 0 Å². The first-order valence-electron chi connectivity index (χ1n) is 7.69. The molecule has 0 aliphatic heterocycles. The minimum absolute atomic E-state index is 0.297. The molecule has 2 aromatic rings. The molecule has 7 heteroatoms. The lowest BCUT2D eigenvalue weighted by atomic mass is 10.1. The molecular formula is C18H21ClN2O3S. The van der Waals surface area contributed by atoms with Gasteiger partial charge in [0.2, 0.25) is 15.9 Å². The molecule has 134 valence electrons. The molecule has 5 nitrogen and oxygen atoms in total. The first-order valence-corrected chi connectivity index (χ1v) is 9.91. The Labute approximate surface area is 153 Å². The van der Waals surface area contributed by atoms with E-state index >= 15 is 0 Å². The maximum atomic E-state index is 12.4. The highest BCUT2D eigenvalue weighted by Crippen LogP contribution is 2.32. The van der Waals surface area contributed by atoms with Crippen LogP contribution in [0.4, 0.5) is 11.4 Å². The van der Waals surface area contributed by atoms with Gasteiger partial charge < -0.3 is 5.32 Å². The van der Waals surface area contributed by atoms with E-state index in [1.54, 1.807) is 25.1 Å². The smallest absolute Gasteiger partial charge is 0.245 e. The number of nitrogens with zero attached hydrogens (tertiary/aromatic N) is 1. The number of sulfonamides is 1. The highest BCUT2D eigenvalue weighted by molar-refractivity contribution is 7.92. The molecule has 0 saturated heterocycles. The van der Waals surface area contributed by atoms with Gasteiger partial charge in [0.15, 0.2) is 0 Å². The van der Waals surface area contributed by atoms with Crippen molar-refractivity contribution in [2.24, 2.45) is 0 Å².